The van der Waals surface area contributed by atoms with E-state index in [9.17, 15) is 9.59 Å². The van der Waals surface area contributed by atoms with E-state index in [1.165, 1.54) is 4.90 Å². The van der Waals surface area contributed by atoms with Crippen LogP contribution in [-0.2, 0) is 14.3 Å². The molecule has 2 aromatic carbocycles. The smallest absolute Gasteiger partial charge is 0.333 e. The summed E-state index contributed by atoms with van der Waals surface area (Å²) in [6.07, 6.45) is 0. The highest BCUT2D eigenvalue weighted by atomic mass is 16.5. The standard InChI is InChI=1S/C19H20N2O3/c1-2-24-19(23)17(14-11-7-4-8-12-14)21-16(15(20)18(21)22)13-9-5-3-6-10-13/h3-12,15-17H,2,20H2,1H3. The van der Waals surface area contributed by atoms with Crippen LogP contribution < -0.4 is 5.73 Å². The second kappa shape index (κ2) is 6.84. The van der Waals surface area contributed by atoms with E-state index in [1.807, 2.05) is 60.7 Å². The van der Waals surface area contributed by atoms with Gasteiger partial charge >= 0.3 is 5.97 Å². The van der Waals surface area contributed by atoms with Gasteiger partial charge in [-0.1, -0.05) is 60.7 Å². The van der Waals surface area contributed by atoms with Crippen molar-refractivity contribution in [2.75, 3.05) is 6.61 Å². The summed E-state index contributed by atoms with van der Waals surface area (Å²) in [5.41, 5.74) is 7.67. The van der Waals surface area contributed by atoms with Crippen LogP contribution in [0.5, 0.6) is 0 Å². The molecule has 0 spiro atoms. The number of carbonyl (C=O) groups is 2. The lowest BCUT2D eigenvalue weighted by Gasteiger charge is -2.48. The Balaban J connectivity index is 1.99. The van der Waals surface area contributed by atoms with Gasteiger partial charge in [0.15, 0.2) is 6.04 Å². The maximum atomic E-state index is 12.6. The van der Waals surface area contributed by atoms with Crippen LogP contribution in [0.2, 0.25) is 0 Å². The Morgan fingerprint density at radius 3 is 2.29 bits per heavy atom. The van der Waals surface area contributed by atoms with E-state index in [1.54, 1.807) is 6.92 Å². The number of carbonyl (C=O) groups excluding carboxylic acids is 2. The Hall–Kier alpha value is -2.66. The Bertz CT molecular complexity index is 718. The fourth-order valence-corrected chi connectivity index (χ4v) is 3.11. The van der Waals surface area contributed by atoms with Gasteiger partial charge in [-0.15, -0.1) is 0 Å². The van der Waals surface area contributed by atoms with Crippen LogP contribution in [0, 0.1) is 0 Å². The second-order valence-electron chi connectivity index (χ2n) is 5.69. The largest absolute Gasteiger partial charge is 0.464 e. The molecule has 124 valence electrons. The quantitative estimate of drug-likeness (QED) is 0.676. The molecule has 1 saturated heterocycles. The van der Waals surface area contributed by atoms with Crippen LogP contribution in [0.25, 0.3) is 0 Å². The number of hydrogen-bond donors (Lipinski definition) is 1. The lowest BCUT2D eigenvalue weighted by molar-refractivity contribution is -0.168. The lowest BCUT2D eigenvalue weighted by atomic mass is 9.85. The second-order valence-corrected chi connectivity index (χ2v) is 5.69. The monoisotopic (exact) mass is 324 g/mol. The molecule has 3 atom stereocenters. The van der Waals surface area contributed by atoms with Gasteiger partial charge in [0.05, 0.1) is 12.6 Å². The highest BCUT2D eigenvalue weighted by molar-refractivity contribution is 5.94. The molecule has 3 rings (SSSR count). The van der Waals surface area contributed by atoms with Gasteiger partial charge in [0, 0.05) is 0 Å². The molecule has 24 heavy (non-hydrogen) atoms. The molecule has 2 N–H and O–H groups in total. The third kappa shape index (κ3) is 2.78. The minimum absolute atomic E-state index is 0.245. The topological polar surface area (TPSA) is 72.6 Å². The van der Waals surface area contributed by atoms with Crippen molar-refractivity contribution in [1.82, 2.24) is 4.90 Å². The normalized spacial score (nSPS) is 21.1. The third-order valence-electron chi connectivity index (χ3n) is 4.22. The van der Waals surface area contributed by atoms with Gasteiger partial charge in [-0.05, 0) is 18.1 Å². The van der Waals surface area contributed by atoms with E-state index in [-0.39, 0.29) is 18.6 Å². The van der Waals surface area contributed by atoms with Crippen molar-refractivity contribution in [3.05, 3.63) is 71.8 Å². The predicted octanol–water partition coefficient (Wildman–Crippen LogP) is 2.20. The fraction of sp³-hybridized carbons (Fsp3) is 0.263. The Kier molecular flexibility index (Phi) is 4.62. The molecule has 5 nitrogen and oxygen atoms in total. The zero-order valence-electron chi connectivity index (χ0n) is 13.5. The molecule has 1 fully saturated rings. The van der Waals surface area contributed by atoms with Gasteiger partial charge in [-0.3, -0.25) is 4.79 Å². The maximum Gasteiger partial charge on any atom is 0.333 e. The summed E-state index contributed by atoms with van der Waals surface area (Å²) in [6.45, 7) is 2.00. The van der Waals surface area contributed by atoms with E-state index in [0.29, 0.717) is 0 Å². The summed E-state index contributed by atoms with van der Waals surface area (Å²) < 4.78 is 5.21. The molecular formula is C19H20N2O3. The Morgan fingerprint density at radius 2 is 1.71 bits per heavy atom. The van der Waals surface area contributed by atoms with Crippen molar-refractivity contribution < 1.29 is 14.3 Å². The molecule has 0 saturated carbocycles. The summed E-state index contributed by atoms with van der Waals surface area (Å²) >= 11 is 0. The van der Waals surface area contributed by atoms with Gasteiger partial charge < -0.3 is 15.4 Å². The molecule has 2 aromatic rings. The van der Waals surface area contributed by atoms with Gasteiger partial charge in [0.25, 0.3) is 0 Å². The first-order valence-corrected chi connectivity index (χ1v) is 7.99. The summed E-state index contributed by atoms with van der Waals surface area (Å²) in [6, 6.07) is 16.9. The van der Waals surface area contributed by atoms with Crippen LogP contribution in [-0.4, -0.2) is 29.4 Å². The van der Waals surface area contributed by atoms with Crippen molar-refractivity contribution in [2.45, 2.75) is 25.0 Å². The van der Waals surface area contributed by atoms with Crippen molar-refractivity contribution >= 4 is 11.9 Å². The number of nitrogens with zero attached hydrogens (tertiary/aromatic N) is 1. The lowest BCUT2D eigenvalue weighted by Crippen LogP contribution is -2.64. The van der Waals surface area contributed by atoms with Gasteiger partial charge in [-0.25, -0.2) is 4.79 Å². The van der Waals surface area contributed by atoms with Gasteiger partial charge in [0.1, 0.15) is 6.04 Å². The maximum absolute atomic E-state index is 12.6. The molecule has 5 heteroatoms. The van der Waals surface area contributed by atoms with Crippen LogP contribution in [0.3, 0.4) is 0 Å². The van der Waals surface area contributed by atoms with Crippen LogP contribution >= 0.6 is 0 Å². The molecule has 1 amide bonds. The average molecular weight is 324 g/mol. The minimum Gasteiger partial charge on any atom is -0.464 e. The zero-order valence-corrected chi connectivity index (χ0v) is 13.5. The van der Waals surface area contributed by atoms with E-state index in [4.69, 9.17) is 10.5 Å². The first-order chi connectivity index (χ1) is 11.6. The number of β-lactam (4-membered cyclic amide) rings is 1. The van der Waals surface area contributed by atoms with Crippen LogP contribution in [0.4, 0.5) is 0 Å². The molecule has 1 heterocycles. The number of ether oxygens (including phenoxy) is 1. The van der Waals surface area contributed by atoms with Crippen molar-refractivity contribution in [1.29, 1.82) is 0 Å². The molecule has 1 aliphatic rings. The number of rotatable bonds is 5. The number of likely N-dealkylation sites (tertiary alicyclic amines) is 1. The van der Waals surface area contributed by atoms with Gasteiger partial charge in [0.2, 0.25) is 5.91 Å². The summed E-state index contributed by atoms with van der Waals surface area (Å²) in [4.78, 5) is 26.5. The molecule has 0 radical (unpaired) electrons. The van der Waals surface area contributed by atoms with E-state index in [0.717, 1.165) is 11.1 Å². The van der Waals surface area contributed by atoms with Crippen molar-refractivity contribution in [3.8, 4) is 0 Å². The zero-order chi connectivity index (χ0) is 17.1. The van der Waals surface area contributed by atoms with Crippen molar-refractivity contribution in [3.63, 3.8) is 0 Å². The molecular weight excluding hydrogens is 304 g/mol. The third-order valence-corrected chi connectivity index (χ3v) is 4.22. The molecule has 0 bridgehead atoms. The van der Waals surface area contributed by atoms with E-state index < -0.39 is 18.1 Å². The van der Waals surface area contributed by atoms with E-state index in [2.05, 4.69) is 0 Å². The summed E-state index contributed by atoms with van der Waals surface area (Å²) in [5.74, 6) is -0.685. The van der Waals surface area contributed by atoms with Crippen molar-refractivity contribution in [2.24, 2.45) is 5.73 Å². The minimum atomic E-state index is -0.788. The average Bonchev–Trinajstić information content (AvgIpc) is 2.63. The Morgan fingerprint density at radius 1 is 1.12 bits per heavy atom. The summed E-state index contributed by atoms with van der Waals surface area (Å²) in [5, 5.41) is 0. The molecule has 3 unspecified atom stereocenters. The predicted molar refractivity (Wildman–Crippen MR) is 89.8 cm³/mol. The van der Waals surface area contributed by atoms with E-state index >= 15 is 0 Å². The number of esters is 1. The highest BCUT2D eigenvalue weighted by Crippen LogP contribution is 2.41. The van der Waals surface area contributed by atoms with Gasteiger partial charge in [-0.2, -0.15) is 0 Å². The molecule has 0 aliphatic carbocycles. The molecule has 1 aliphatic heterocycles. The number of nitrogens with two attached hydrogens (primary N) is 1. The first-order valence-electron chi connectivity index (χ1n) is 7.99. The Labute approximate surface area is 141 Å². The number of hydrogen-bond acceptors (Lipinski definition) is 4. The number of benzene rings is 2. The van der Waals surface area contributed by atoms with Crippen LogP contribution in [0.1, 0.15) is 30.1 Å². The molecule has 0 aromatic heterocycles. The number of amides is 1. The summed E-state index contributed by atoms with van der Waals surface area (Å²) in [7, 11) is 0. The highest BCUT2D eigenvalue weighted by Gasteiger charge is 2.51. The first kappa shape index (κ1) is 16.2. The fourth-order valence-electron chi connectivity index (χ4n) is 3.11. The van der Waals surface area contributed by atoms with Crippen LogP contribution in [0.15, 0.2) is 60.7 Å². The SMILES string of the molecule is CCOC(=O)C(c1ccccc1)N1C(=O)C(N)C1c1ccccc1.